The lowest BCUT2D eigenvalue weighted by atomic mass is 10.1. The van der Waals surface area contributed by atoms with Gasteiger partial charge in [-0.15, -0.1) is 5.10 Å². The van der Waals surface area contributed by atoms with Crippen molar-refractivity contribution < 1.29 is 14.0 Å². The molecule has 2 aromatic carbocycles. The lowest BCUT2D eigenvalue weighted by Crippen LogP contribution is -2.28. The first kappa shape index (κ1) is 17.8. The zero-order valence-electron chi connectivity index (χ0n) is 15.0. The van der Waals surface area contributed by atoms with Gasteiger partial charge >= 0.3 is 0 Å². The van der Waals surface area contributed by atoms with Crippen molar-refractivity contribution in [1.29, 1.82) is 0 Å². The largest absolute Gasteiger partial charge is 0.326 e. The summed E-state index contributed by atoms with van der Waals surface area (Å²) in [5, 5.41) is 13.8. The molecule has 28 heavy (non-hydrogen) atoms. The lowest BCUT2D eigenvalue weighted by Gasteiger charge is -2.17. The zero-order valence-corrected chi connectivity index (χ0v) is 15.0. The molecule has 9 heteroatoms. The molecule has 1 unspecified atom stereocenters. The van der Waals surface area contributed by atoms with E-state index in [2.05, 4.69) is 20.8 Å². The van der Waals surface area contributed by atoms with Gasteiger partial charge in [-0.25, -0.2) is 9.07 Å². The number of carbonyl (C=O) groups excluding carboxylic acids is 2. The first-order valence-electron chi connectivity index (χ1n) is 8.72. The second-order valence-electron chi connectivity index (χ2n) is 6.63. The van der Waals surface area contributed by atoms with Crippen LogP contribution in [0.4, 0.5) is 15.8 Å². The van der Waals surface area contributed by atoms with Gasteiger partial charge in [-0.1, -0.05) is 6.07 Å². The fourth-order valence-corrected chi connectivity index (χ4v) is 3.10. The summed E-state index contributed by atoms with van der Waals surface area (Å²) < 4.78 is 15.3. The summed E-state index contributed by atoms with van der Waals surface area (Å²) in [7, 11) is 0. The number of hydrogen-bond donors (Lipinski definition) is 1. The van der Waals surface area contributed by atoms with Gasteiger partial charge in [0.25, 0.3) is 0 Å². The molecule has 1 saturated heterocycles. The van der Waals surface area contributed by atoms with Crippen LogP contribution >= 0.6 is 0 Å². The molecule has 1 aromatic heterocycles. The fraction of sp³-hybridized carbons (Fsp3) is 0.211. The van der Waals surface area contributed by atoms with Crippen molar-refractivity contribution in [2.45, 2.75) is 13.3 Å². The Morgan fingerprint density at radius 2 is 1.93 bits per heavy atom. The Bertz CT molecular complexity index is 1020. The quantitative estimate of drug-likeness (QED) is 0.748. The minimum absolute atomic E-state index is 0.0873. The third-order valence-corrected chi connectivity index (χ3v) is 4.71. The molecule has 1 aliphatic rings. The predicted octanol–water partition coefficient (Wildman–Crippen LogP) is 2.10. The summed E-state index contributed by atoms with van der Waals surface area (Å²) in [5.74, 6) is -1.33. The molecule has 4 rings (SSSR count). The van der Waals surface area contributed by atoms with Gasteiger partial charge in [0.1, 0.15) is 12.1 Å². The molecule has 2 heterocycles. The topological polar surface area (TPSA) is 93.0 Å². The Morgan fingerprint density at radius 3 is 2.61 bits per heavy atom. The lowest BCUT2D eigenvalue weighted by molar-refractivity contribution is -0.122. The van der Waals surface area contributed by atoms with E-state index in [4.69, 9.17) is 0 Å². The van der Waals surface area contributed by atoms with E-state index >= 15 is 0 Å². The molecule has 0 spiro atoms. The number of halogens is 1. The molecular formula is C19H17FN6O2. The van der Waals surface area contributed by atoms with E-state index in [0.717, 1.165) is 5.69 Å². The SMILES string of the molecule is Cc1ccc(N2CC(C(=O)Nc3ccc(-n4cnnn4)cc3)CC2=O)cc1F. The van der Waals surface area contributed by atoms with Gasteiger partial charge in [0.05, 0.1) is 11.6 Å². The van der Waals surface area contributed by atoms with Crippen LogP contribution in [-0.2, 0) is 9.59 Å². The average molecular weight is 380 g/mol. The highest BCUT2D eigenvalue weighted by Crippen LogP contribution is 2.27. The molecule has 0 radical (unpaired) electrons. The van der Waals surface area contributed by atoms with Crippen LogP contribution in [0, 0.1) is 18.7 Å². The molecular weight excluding hydrogens is 363 g/mol. The monoisotopic (exact) mass is 380 g/mol. The number of hydrogen-bond acceptors (Lipinski definition) is 5. The first-order chi connectivity index (χ1) is 13.5. The van der Waals surface area contributed by atoms with Crippen molar-refractivity contribution in [2.24, 2.45) is 5.92 Å². The number of aryl methyl sites for hydroxylation is 1. The van der Waals surface area contributed by atoms with E-state index in [1.807, 2.05) is 0 Å². The summed E-state index contributed by atoms with van der Waals surface area (Å²) in [5.41, 5.74) is 2.34. The standard InChI is InChI=1S/C19H17FN6O2/c1-12-2-5-16(9-17(12)20)25-10-13(8-18(25)27)19(28)22-14-3-6-15(7-4-14)26-11-21-23-24-26/h2-7,9,11,13H,8,10H2,1H3,(H,22,28). The molecule has 1 atom stereocenters. The number of aromatic nitrogens is 4. The fourth-order valence-electron chi connectivity index (χ4n) is 3.10. The van der Waals surface area contributed by atoms with Gasteiger partial charge in [-0.3, -0.25) is 9.59 Å². The van der Waals surface area contributed by atoms with Crippen LogP contribution in [0.3, 0.4) is 0 Å². The van der Waals surface area contributed by atoms with E-state index in [1.165, 1.54) is 22.0 Å². The minimum Gasteiger partial charge on any atom is -0.326 e. The van der Waals surface area contributed by atoms with Crippen LogP contribution < -0.4 is 10.2 Å². The second kappa shape index (κ2) is 7.18. The molecule has 3 aromatic rings. The summed E-state index contributed by atoms with van der Waals surface area (Å²) in [6, 6.07) is 11.6. The summed E-state index contributed by atoms with van der Waals surface area (Å²) >= 11 is 0. The molecule has 0 aliphatic carbocycles. The van der Waals surface area contributed by atoms with E-state index in [9.17, 15) is 14.0 Å². The molecule has 2 amide bonds. The second-order valence-corrected chi connectivity index (χ2v) is 6.63. The predicted molar refractivity (Wildman–Crippen MR) is 99.4 cm³/mol. The van der Waals surface area contributed by atoms with Crippen molar-refractivity contribution >= 4 is 23.2 Å². The average Bonchev–Trinajstić information content (AvgIpc) is 3.35. The maximum atomic E-state index is 13.8. The third kappa shape index (κ3) is 3.46. The number of nitrogens with one attached hydrogen (secondary N) is 1. The summed E-state index contributed by atoms with van der Waals surface area (Å²) in [4.78, 5) is 26.3. The molecule has 0 saturated carbocycles. The van der Waals surface area contributed by atoms with Gasteiger partial charge < -0.3 is 10.2 Å². The third-order valence-electron chi connectivity index (χ3n) is 4.71. The van der Waals surface area contributed by atoms with Crippen LogP contribution in [0.1, 0.15) is 12.0 Å². The molecule has 1 N–H and O–H groups in total. The number of rotatable bonds is 4. The van der Waals surface area contributed by atoms with Crippen LogP contribution in [0.5, 0.6) is 0 Å². The Kier molecular flexibility index (Phi) is 4.56. The van der Waals surface area contributed by atoms with E-state index in [-0.39, 0.29) is 30.6 Å². The van der Waals surface area contributed by atoms with Crippen molar-refractivity contribution in [3.05, 3.63) is 60.2 Å². The van der Waals surface area contributed by atoms with E-state index < -0.39 is 5.92 Å². The van der Waals surface area contributed by atoms with Crippen LogP contribution in [0.2, 0.25) is 0 Å². The van der Waals surface area contributed by atoms with E-state index in [1.54, 1.807) is 43.3 Å². The van der Waals surface area contributed by atoms with Crippen LogP contribution in [0.25, 0.3) is 5.69 Å². The zero-order chi connectivity index (χ0) is 19.7. The first-order valence-corrected chi connectivity index (χ1v) is 8.72. The minimum atomic E-state index is -0.504. The Labute approximate surface area is 160 Å². The summed E-state index contributed by atoms with van der Waals surface area (Å²) in [6.45, 7) is 1.88. The van der Waals surface area contributed by atoms with Gasteiger partial charge in [0.15, 0.2) is 0 Å². The normalized spacial score (nSPS) is 16.4. The molecule has 1 fully saturated rings. The number of anilines is 2. The van der Waals surface area contributed by atoms with Gasteiger partial charge in [0, 0.05) is 24.3 Å². The van der Waals surface area contributed by atoms with Crippen molar-refractivity contribution in [2.75, 3.05) is 16.8 Å². The maximum absolute atomic E-state index is 13.8. The Balaban J connectivity index is 1.42. The molecule has 8 nitrogen and oxygen atoms in total. The maximum Gasteiger partial charge on any atom is 0.229 e. The van der Waals surface area contributed by atoms with Crippen molar-refractivity contribution in [3.63, 3.8) is 0 Å². The van der Waals surface area contributed by atoms with Crippen LogP contribution in [-0.4, -0.2) is 38.6 Å². The Hall–Kier alpha value is -3.62. The van der Waals surface area contributed by atoms with Crippen LogP contribution in [0.15, 0.2) is 48.8 Å². The highest BCUT2D eigenvalue weighted by atomic mass is 19.1. The highest BCUT2D eigenvalue weighted by molar-refractivity contribution is 6.03. The van der Waals surface area contributed by atoms with Gasteiger partial charge in [-0.2, -0.15) is 0 Å². The molecule has 1 aliphatic heterocycles. The van der Waals surface area contributed by atoms with Crippen molar-refractivity contribution in [1.82, 2.24) is 20.2 Å². The van der Waals surface area contributed by atoms with Gasteiger partial charge in [0.2, 0.25) is 11.8 Å². The van der Waals surface area contributed by atoms with Crippen molar-refractivity contribution in [3.8, 4) is 5.69 Å². The van der Waals surface area contributed by atoms with E-state index in [0.29, 0.717) is 16.9 Å². The molecule has 0 bridgehead atoms. The smallest absolute Gasteiger partial charge is 0.229 e. The van der Waals surface area contributed by atoms with Gasteiger partial charge in [-0.05, 0) is 59.3 Å². The highest BCUT2D eigenvalue weighted by Gasteiger charge is 2.35. The summed E-state index contributed by atoms with van der Waals surface area (Å²) in [6.07, 6.45) is 1.56. The number of tetrazole rings is 1. The number of carbonyl (C=O) groups is 2. The number of nitrogens with zero attached hydrogens (tertiary/aromatic N) is 5. The number of amides is 2. The molecule has 142 valence electrons. The number of benzene rings is 2. The Morgan fingerprint density at radius 1 is 1.18 bits per heavy atom.